The fourth-order valence-electron chi connectivity index (χ4n) is 3.79. The first kappa shape index (κ1) is 11.2. The molecule has 0 unspecified atom stereocenters. The standard InChI is InChI=1S/C14H19N5/c1-9-10(2)17-14-15-8-16-19(14)13(9)18-6-11-4-3-5-12(11)7-18/h8,11-12H,3-7H2,1-2H3/t11-,12-/m1/s1. The molecule has 5 heteroatoms. The average molecular weight is 257 g/mol. The lowest BCUT2D eigenvalue weighted by molar-refractivity contribution is 0.494. The summed E-state index contributed by atoms with van der Waals surface area (Å²) in [5.41, 5.74) is 2.30. The van der Waals surface area contributed by atoms with Crippen LogP contribution in [0.5, 0.6) is 0 Å². The summed E-state index contributed by atoms with van der Waals surface area (Å²) in [4.78, 5) is 11.2. The quantitative estimate of drug-likeness (QED) is 0.783. The van der Waals surface area contributed by atoms with Crippen molar-refractivity contribution in [1.29, 1.82) is 0 Å². The smallest absolute Gasteiger partial charge is 0.254 e. The maximum Gasteiger partial charge on any atom is 0.254 e. The number of rotatable bonds is 1. The monoisotopic (exact) mass is 257 g/mol. The molecule has 19 heavy (non-hydrogen) atoms. The van der Waals surface area contributed by atoms with Crippen molar-refractivity contribution in [3.63, 3.8) is 0 Å². The summed E-state index contributed by atoms with van der Waals surface area (Å²) in [7, 11) is 0. The van der Waals surface area contributed by atoms with Gasteiger partial charge in [-0.25, -0.2) is 4.98 Å². The second kappa shape index (κ2) is 3.92. The van der Waals surface area contributed by atoms with Crippen LogP contribution in [0.2, 0.25) is 0 Å². The highest BCUT2D eigenvalue weighted by Crippen LogP contribution is 2.40. The molecule has 0 aromatic carbocycles. The highest BCUT2D eigenvalue weighted by atomic mass is 15.4. The SMILES string of the molecule is Cc1nc2ncnn2c(N2C[C@H]3CCC[C@@H]3C2)c1C. The minimum atomic E-state index is 0.718. The first-order valence-corrected chi connectivity index (χ1v) is 7.16. The van der Waals surface area contributed by atoms with E-state index in [1.807, 2.05) is 4.52 Å². The van der Waals surface area contributed by atoms with Gasteiger partial charge >= 0.3 is 0 Å². The lowest BCUT2D eigenvalue weighted by atomic mass is 10.0. The van der Waals surface area contributed by atoms with Crippen LogP contribution in [0.1, 0.15) is 30.5 Å². The predicted molar refractivity (Wildman–Crippen MR) is 73.3 cm³/mol. The lowest BCUT2D eigenvalue weighted by Crippen LogP contribution is -2.25. The van der Waals surface area contributed by atoms with Gasteiger partial charge in [0.05, 0.1) is 0 Å². The van der Waals surface area contributed by atoms with E-state index in [0.29, 0.717) is 0 Å². The van der Waals surface area contributed by atoms with E-state index >= 15 is 0 Å². The maximum atomic E-state index is 4.50. The van der Waals surface area contributed by atoms with Crippen molar-refractivity contribution < 1.29 is 0 Å². The zero-order valence-electron chi connectivity index (χ0n) is 11.5. The number of hydrogen-bond donors (Lipinski definition) is 0. The van der Waals surface area contributed by atoms with Crippen molar-refractivity contribution in [2.45, 2.75) is 33.1 Å². The zero-order valence-corrected chi connectivity index (χ0v) is 11.5. The molecule has 2 fully saturated rings. The van der Waals surface area contributed by atoms with Gasteiger partial charge in [0.25, 0.3) is 5.78 Å². The second-order valence-electron chi connectivity index (χ2n) is 5.97. The van der Waals surface area contributed by atoms with Gasteiger partial charge in [0.2, 0.25) is 0 Å². The number of aromatic nitrogens is 4. The van der Waals surface area contributed by atoms with Gasteiger partial charge in [0.1, 0.15) is 12.1 Å². The van der Waals surface area contributed by atoms with E-state index in [2.05, 4.69) is 33.8 Å². The van der Waals surface area contributed by atoms with Crippen LogP contribution in [0, 0.1) is 25.7 Å². The van der Waals surface area contributed by atoms with E-state index in [1.54, 1.807) is 6.33 Å². The van der Waals surface area contributed by atoms with Crippen molar-refractivity contribution >= 4 is 11.6 Å². The Bertz CT molecular complexity index is 620. The Morgan fingerprint density at radius 1 is 1.16 bits per heavy atom. The molecule has 1 aliphatic carbocycles. The van der Waals surface area contributed by atoms with Crippen LogP contribution in [0.15, 0.2) is 6.33 Å². The molecule has 0 N–H and O–H groups in total. The molecule has 3 heterocycles. The molecular weight excluding hydrogens is 238 g/mol. The molecule has 1 saturated heterocycles. The van der Waals surface area contributed by atoms with E-state index in [-0.39, 0.29) is 0 Å². The third kappa shape index (κ3) is 1.57. The number of anilines is 1. The van der Waals surface area contributed by atoms with Gasteiger partial charge in [-0.15, -0.1) is 0 Å². The Hall–Kier alpha value is -1.65. The first-order chi connectivity index (χ1) is 9.24. The van der Waals surface area contributed by atoms with Gasteiger partial charge in [-0.05, 0) is 38.5 Å². The molecule has 5 nitrogen and oxygen atoms in total. The number of nitrogens with zero attached hydrogens (tertiary/aromatic N) is 5. The van der Waals surface area contributed by atoms with E-state index in [0.717, 1.165) is 23.3 Å². The van der Waals surface area contributed by atoms with Crippen LogP contribution >= 0.6 is 0 Å². The summed E-state index contributed by atoms with van der Waals surface area (Å²) >= 11 is 0. The highest BCUT2D eigenvalue weighted by molar-refractivity contribution is 5.54. The Balaban J connectivity index is 1.82. The normalized spacial score (nSPS) is 26.3. The largest absolute Gasteiger partial charge is 0.356 e. The summed E-state index contributed by atoms with van der Waals surface area (Å²) in [6, 6.07) is 0. The number of hydrogen-bond acceptors (Lipinski definition) is 4. The van der Waals surface area contributed by atoms with Gasteiger partial charge in [0, 0.05) is 24.3 Å². The second-order valence-corrected chi connectivity index (χ2v) is 5.97. The molecule has 2 aromatic heterocycles. The molecular formula is C14H19N5. The van der Waals surface area contributed by atoms with Crippen molar-refractivity contribution in [3.8, 4) is 0 Å². The van der Waals surface area contributed by atoms with E-state index in [9.17, 15) is 0 Å². The third-order valence-corrected chi connectivity index (χ3v) is 4.90. The van der Waals surface area contributed by atoms with Crippen LogP contribution in [-0.4, -0.2) is 32.7 Å². The van der Waals surface area contributed by atoms with Gasteiger partial charge in [-0.1, -0.05) is 6.42 Å². The van der Waals surface area contributed by atoms with E-state index in [1.165, 1.54) is 43.7 Å². The van der Waals surface area contributed by atoms with Crippen molar-refractivity contribution in [2.75, 3.05) is 18.0 Å². The minimum Gasteiger partial charge on any atom is -0.356 e. The van der Waals surface area contributed by atoms with Crippen LogP contribution in [0.25, 0.3) is 5.78 Å². The van der Waals surface area contributed by atoms with Gasteiger partial charge in [-0.2, -0.15) is 14.6 Å². The van der Waals surface area contributed by atoms with Crippen LogP contribution in [0.4, 0.5) is 5.82 Å². The Morgan fingerprint density at radius 2 is 1.89 bits per heavy atom. The first-order valence-electron chi connectivity index (χ1n) is 7.16. The molecule has 0 bridgehead atoms. The van der Waals surface area contributed by atoms with E-state index < -0.39 is 0 Å². The summed E-state index contributed by atoms with van der Waals surface area (Å²) in [5, 5.41) is 4.36. The molecule has 2 aromatic rings. The number of aryl methyl sites for hydroxylation is 1. The average Bonchev–Trinajstić information content (AvgIpc) is 3.04. The summed E-state index contributed by atoms with van der Waals surface area (Å²) < 4.78 is 1.91. The molecule has 4 rings (SSSR count). The van der Waals surface area contributed by atoms with Crippen LogP contribution in [-0.2, 0) is 0 Å². The fourth-order valence-corrected chi connectivity index (χ4v) is 3.79. The van der Waals surface area contributed by atoms with E-state index in [4.69, 9.17) is 0 Å². The van der Waals surface area contributed by atoms with Crippen LogP contribution in [0.3, 0.4) is 0 Å². The van der Waals surface area contributed by atoms with Gasteiger partial charge in [0.15, 0.2) is 0 Å². The summed E-state index contributed by atoms with van der Waals surface area (Å²) in [6.45, 7) is 6.55. The Labute approximate surface area is 112 Å². The molecule has 1 aliphatic heterocycles. The minimum absolute atomic E-state index is 0.718. The lowest BCUT2D eigenvalue weighted by Gasteiger charge is -2.22. The van der Waals surface area contributed by atoms with Gasteiger partial charge in [-0.3, -0.25) is 0 Å². The van der Waals surface area contributed by atoms with Crippen molar-refractivity contribution in [3.05, 3.63) is 17.6 Å². The van der Waals surface area contributed by atoms with Crippen molar-refractivity contribution in [1.82, 2.24) is 19.6 Å². The zero-order chi connectivity index (χ0) is 13.0. The predicted octanol–water partition coefficient (Wildman–Crippen LogP) is 1.98. The Morgan fingerprint density at radius 3 is 2.63 bits per heavy atom. The number of fused-ring (bicyclic) bond motifs is 2. The summed E-state index contributed by atoms with van der Waals surface area (Å²) in [6.07, 6.45) is 5.80. The molecule has 1 saturated carbocycles. The van der Waals surface area contributed by atoms with Gasteiger partial charge < -0.3 is 4.90 Å². The van der Waals surface area contributed by atoms with Crippen LogP contribution < -0.4 is 4.90 Å². The molecule has 0 amide bonds. The maximum absolute atomic E-state index is 4.50. The molecule has 0 radical (unpaired) electrons. The highest BCUT2D eigenvalue weighted by Gasteiger charge is 2.37. The molecule has 2 aliphatic rings. The molecule has 0 spiro atoms. The summed E-state index contributed by atoms with van der Waals surface area (Å²) in [5.74, 6) is 3.68. The topological polar surface area (TPSA) is 46.3 Å². The Kier molecular flexibility index (Phi) is 2.31. The molecule has 100 valence electrons. The van der Waals surface area contributed by atoms with Crippen molar-refractivity contribution in [2.24, 2.45) is 11.8 Å². The third-order valence-electron chi connectivity index (χ3n) is 4.90. The molecule has 2 atom stereocenters. The fraction of sp³-hybridized carbons (Fsp3) is 0.643.